The average Bonchev–Trinajstić information content (AvgIpc) is 2.58. The summed E-state index contributed by atoms with van der Waals surface area (Å²) >= 11 is 1.64. The number of aliphatic hydroxyl groups is 1. The molecule has 0 radical (unpaired) electrons. The smallest absolute Gasteiger partial charge is 0.244 e. The van der Waals surface area contributed by atoms with Crippen LogP contribution in [-0.4, -0.2) is 23.7 Å². The van der Waals surface area contributed by atoms with Gasteiger partial charge in [0.25, 0.3) is 0 Å². The fourth-order valence-electron chi connectivity index (χ4n) is 1.01. The summed E-state index contributed by atoms with van der Waals surface area (Å²) in [5.41, 5.74) is 0. The Hall–Kier alpha value is -1.13. The van der Waals surface area contributed by atoms with E-state index < -0.39 is 6.10 Å². The maximum Gasteiger partial charge on any atom is 0.244 e. The highest BCUT2D eigenvalue weighted by Crippen LogP contribution is 2.16. The topological polar surface area (TPSA) is 49.3 Å². The van der Waals surface area contributed by atoms with Gasteiger partial charge in [-0.1, -0.05) is 0 Å². The van der Waals surface area contributed by atoms with Crippen molar-refractivity contribution in [2.24, 2.45) is 0 Å². The molecule has 0 fully saturated rings. The average molecular weight is 225 g/mol. The van der Waals surface area contributed by atoms with Crippen LogP contribution in [-0.2, 0) is 4.79 Å². The summed E-state index contributed by atoms with van der Waals surface area (Å²) < 4.78 is 0. The molecule has 0 aliphatic carbocycles. The molecule has 1 aromatic rings. The molecule has 0 aliphatic rings. The van der Waals surface area contributed by atoms with E-state index in [4.69, 9.17) is 5.11 Å². The van der Waals surface area contributed by atoms with Crippen molar-refractivity contribution in [1.29, 1.82) is 0 Å². The van der Waals surface area contributed by atoms with Gasteiger partial charge in [-0.25, -0.2) is 0 Å². The molecule has 1 heterocycles. The second-order valence-electron chi connectivity index (χ2n) is 3.38. The van der Waals surface area contributed by atoms with Gasteiger partial charge in [0, 0.05) is 22.4 Å². The highest BCUT2D eigenvalue weighted by molar-refractivity contribution is 7.12. The Morgan fingerprint density at radius 2 is 2.40 bits per heavy atom. The van der Waals surface area contributed by atoms with Crippen LogP contribution in [0.4, 0.5) is 0 Å². The summed E-state index contributed by atoms with van der Waals surface area (Å²) in [5.74, 6) is -0.179. The normalized spacial score (nSPS) is 13.0. The fourth-order valence-corrected chi connectivity index (χ4v) is 1.79. The van der Waals surface area contributed by atoms with Crippen molar-refractivity contribution in [2.45, 2.75) is 20.0 Å². The van der Waals surface area contributed by atoms with Crippen molar-refractivity contribution in [2.75, 3.05) is 6.54 Å². The highest BCUT2D eigenvalue weighted by atomic mass is 32.1. The van der Waals surface area contributed by atoms with Crippen LogP contribution in [0.25, 0.3) is 6.08 Å². The Morgan fingerprint density at radius 1 is 1.67 bits per heavy atom. The van der Waals surface area contributed by atoms with Gasteiger partial charge < -0.3 is 10.4 Å². The van der Waals surface area contributed by atoms with E-state index in [-0.39, 0.29) is 12.5 Å². The first kappa shape index (κ1) is 11.9. The Bertz CT molecular complexity index is 355. The van der Waals surface area contributed by atoms with Gasteiger partial charge in [-0.2, -0.15) is 0 Å². The molecule has 2 N–H and O–H groups in total. The zero-order valence-corrected chi connectivity index (χ0v) is 9.67. The van der Waals surface area contributed by atoms with Crippen molar-refractivity contribution >= 4 is 23.3 Å². The lowest BCUT2D eigenvalue weighted by Crippen LogP contribution is -2.28. The quantitative estimate of drug-likeness (QED) is 0.764. The van der Waals surface area contributed by atoms with E-state index in [1.54, 1.807) is 24.3 Å². The molecule has 0 saturated heterocycles. The number of thiophene rings is 1. The van der Waals surface area contributed by atoms with Gasteiger partial charge in [0.2, 0.25) is 5.91 Å². The predicted octanol–water partition coefficient (Wildman–Crippen LogP) is 1.57. The molecule has 3 nitrogen and oxygen atoms in total. The van der Waals surface area contributed by atoms with Crippen molar-refractivity contribution in [3.63, 3.8) is 0 Å². The first-order valence-electron chi connectivity index (χ1n) is 4.78. The van der Waals surface area contributed by atoms with Crippen molar-refractivity contribution in [1.82, 2.24) is 5.32 Å². The molecular weight excluding hydrogens is 210 g/mol. The van der Waals surface area contributed by atoms with Crippen molar-refractivity contribution in [3.8, 4) is 0 Å². The molecule has 0 bridgehead atoms. The number of carbonyl (C=O) groups is 1. The molecule has 0 unspecified atom stereocenters. The van der Waals surface area contributed by atoms with Crippen LogP contribution < -0.4 is 5.32 Å². The van der Waals surface area contributed by atoms with Gasteiger partial charge in [-0.05, 0) is 32.1 Å². The van der Waals surface area contributed by atoms with E-state index in [2.05, 4.69) is 5.32 Å². The molecular formula is C11H15NO2S. The van der Waals surface area contributed by atoms with Crippen LogP contribution in [0.3, 0.4) is 0 Å². The number of aryl methyl sites for hydroxylation is 1. The largest absolute Gasteiger partial charge is 0.392 e. The van der Waals surface area contributed by atoms with Crippen LogP contribution in [0, 0.1) is 6.92 Å². The second kappa shape index (κ2) is 5.68. The molecule has 0 saturated carbocycles. The lowest BCUT2D eigenvalue weighted by atomic mass is 10.3. The second-order valence-corrected chi connectivity index (χ2v) is 4.70. The summed E-state index contributed by atoms with van der Waals surface area (Å²) in [7, 11) is 0. The first-order valence-corrected chi connectivity index (χ1v) is 5.60. The number of aliphatic hydroxyl groups excluding tert-OH is 1. The third-order valence-corrected chi connectivity index (χ3v) is 2.70. The molecule has 0 spiro atoms. The first-order chi connectivity index (χ1) is 7.08. The van der Waals surface area contributed by atoms with E-state index in [0.29, 0.717) is 0 Å². The minimum Gasteiger partial charge on any atom is -0.392 e. The Balaban J connectivity index is 2.40. The fraction of sp³-hybridized carbons (Fsp3) is 0.364. The maximum absolute atomic E-state index is 11.2. The monoisotopic (exact) mass is 225 g/mol. The van der Waals surface area contributed by atoms with E-state index in [1.165, 1.54) is 11.0 Å². The molecule has 1 amide bonds. The van der Waals surface area contributed by atoms with E-state index in [9.17, 15) is 4.79 Å². The summed E-state index contributed by atoms with van der Waals surface area (Å²) in [4.78, 5) is 13.5. The number of nitrogens with one attached hydrogen (secondary N) is 1. The van der Waals surface area contributed by atoms with Gasteiger partial charge in [0.1, 0.15) is 0 Å². The lowest BCUT2D eigenvalue weighted by molar-refractivity contribution is -0.116. The van der Waals surface area contributed by atoms with Gasteiger partial charge >= 0.3 is 0 Å². The van der Waals surface area contributed by atoms with Gasteiger partial charge in [-0.15, -0.1) is 11.3 Å². The lowest BCUT2D eigenvalue weighted by Gasteiger charge is -2.03. The van der Waals surface area contributed by atoms with Crippen LogP contribution in [0.1, 0.15) is 16.7 Å². The minimum atomic E-state index is -0.508. The summed E-state index contributed by atoms with van der Waals surface area (Å²) in [6, 6.07) is 3.98. The Morgan fingerprint density at radius 3 is 2.93 bits per heavy atom. The van der Waals surface area contributed by atoms with E-state index in [1.807, 2.05) is 19.1 Å². The van der Waals surface area contributed by atoms with E-state index >= 15 is 0 Å². The van der Waals surface area contributed by atoms with Gasteiger partial charge in [0.15, 0.2) is 0 Å². The molecule has 4 heteroatoms. The number of hydrogen-bond donors (Lipinski definition) is 2. The van der Waals surface area contributed by atoms with Crippen LogP contribution >= 0.6 is 11.3 Å². The molecule has 1 rings (SSSR count). The van der Waals surface area contributed by atoms with Crippen molar-refractivity contribution in [3.05, 3.63) is 28.0 Å². The number of hydrogen-bond acceptors (Lipinski definition) is 3. The maximum atomic E-state index is 11.2. The highest BCUT2D eigenvalue weighted by Gasteiger charge is 1.98. The van der Waals surface area contributed by atoms with Crippen molar-refractivity contribution < 1.29 is 9.90 Å². The van der Waals surface area contributed by atoms with Crippen LogP contribution in [0.2, 0.25) is 0 Å². The minimum absolute atomic E-state index is 0.179. The molecule has 1 atom stereocenters. The molecule has 1 aromatic heterocycles. The summed E-state index contributed by atoms with van der Waals surface area (Å²) in [6.07, 6.45) is 2.74. The Labute approximate surface area is 93.4 Å². The third kappa shape index (κ3) is 4.76. The summed E-state index contributed by atoms with van der Waals surface area (Å²) in [6.45, 7) is 3.94. The summed E-state index contributed by atoms with van der Waals surface area (Å²) in [5, 5.41) is 11.5. The van der Waals surface area contributed by atoms with Gasteiger partial charge in [0.05, 0.1) is 6.10 Å². The number of rotatable bonds is 4. The standard InChI is InChI=1S/C11H15NO2S/c1-8(13)7-12-11(14)6-5-10-4-3-9(2)15-10/h3-6,8,13H,7H2,1-2H3,(H,12,14)/b6-5+/t8-/m0/s1. The number of amides is 1. The van der Waals surface area contributed by atoms with E-state index in [0.717, 1.165) is 4.88 Å². The number of carbonyl (C=O) groups excluding carboxylic acids is 1. The van der Waals surface area contributed by atoms with Crippen LogP contribution in [0.15, 0.2) is 18.2 Å². The molecule has 82 valence electrons. The third-order valence-electron chi connectivity index (χ3n) is 1.73. The molecule has 15 heavy (non-hydrogen) atoms. The zero-order valence-electron chi connectivity index (χ0n) is 8.86. The predicted molar refractivity (Wildman–Crippen MR) is 62.8 cm³/mol. The SMILES string of the molecule is Cc1ccc(/C=C/C(=O)NC[C@H](C)O)s1. The Kier molecular flexibility index (Phi) is 4.52. The molecule has 0 aromatic carbocycles. The molecule has 0 aliphatic heterocycles. The van der Waals surface area contributed by atoms with Gasteiger partial charge in [-0.3, -0.25) is 4.79 Å². The van der Waals surface area contributed by atoms with Crippen LogP contribution in [0.5, 0.6) is 0 Å². The zero-order chi connectivity index (χ0) is 11.3.